The third kappa shape index (κ3) is 4.33. The van der Waals surface area contributed by atoms with Gasteiger partial charge in [-0.2, -0.15) is 14.0 Å². The molecular weight excluding hydrogens is 374 g/mol. The summed E-state index contributed by atoms with van der Waals surface area (Å²) >= 11 is 5.99. The van der Waals surface area contributed by atoms with Gasteiger partial charge in [0, 0.05) is 36.6 Å². The van der Waals surface area contributed by atoms with Gasteiger partial charge in [-0.15, -0.1) is 0 Å². The fourth-order valence-corrected chi connectivity index (χ4v) is 2.48. The van der Waals surface area contributed by atoms with Gasteiger partial charge in [0.2, 0.25) is 5.82 Å². The van der Waals surface area contributed by atoms with Crippen LogP contribution in [0.15, 0.2) is 36.7 Å². The average Bonchev–Trinajstić information content (AvgIpc) is 2.61. The van der Waals surface area contributed by atoms with Crippen LogP contribution in [-0.4, -0.2) is 19.9 Å². The number of alkyl halides is 2. The Morgan fingerprint density at radius 3 is 2.56 bits per heavy atom. The third-order valence-corrected chi connectivity index (χ3v) is 3.76. The van der Waals surface area contributed by atoms with E-state index in [-0.39, 0.29) is 11.0 Å². The molecule has 3 aromatic rings. The molecule has 0 saturated heterocycles. The largest absolute Gasteiger partial charge is 0.339 e. The van der Waals surface area contributed by atoms with E-state index < -0.39 is 11.7 Å². The van der Waals surface area contributed by atoms with E-state index in [1.54, 1.807) is 25.1 Å². The summed E-state index contributed by atoms with van der Waals surface area (Å²) in [5.74, 6) is -3.56. The van der Waals surface area contributed by atoms with Crippen molar-refractivity contribution in [3.05, 3.63) is 58.9 Å². The third-order valence-electron chi connectivity index (χ3n) is 3.55. The smallest absolute Gasteiger partial charge is 0.303 e. The van der Waals surface area contributed by atoms with Crippen LogP contribution in [0.3, 0.4) is 0 Å². The van der Waals surface area contributed by atoms with E-state index >= 15 is 0 Å². The Balaban J connectivity index is 2.04. The molecule has 0 fully saturated rings. The van der Waals surface area contributed by atoms with Crippen molar-refractivity contribution in [3.8, 4) is 17.3 Å². The molecule has 3 heterocycles. The Kier molecular flexibility index (Phi) is 4.97. The molecule has 0 aliphatic rings. The van der Waals surface area contributed by atoms with E-state index in [1.165, 1.54) is 18.5 Å². The number of hydrogen-bond acceptors (Lipinski definition) is 6. The van der Waals surface area contributed by atoms with Gasteiger partial charge in [0.05, 0.1) is 16.9 Å². The Hall–Kier alpha value is -3.18. The summed E-state index contributed by atoms with van der Waals surface area (Å²) in [7, 11) is 0. The van der Waals surface area contributed by atoms with Crippen molar-refractivity contribution >= 4 is 23.1 Å². The van der Waals surface area contributed by atoms with Gasteiger partial charge < -0.3 is 5.32 Å². The number of pyridine rings is 2. The van der Waals surface area contributed by atoms with Gasteiger partial charge in [-0.25, -0.2) is 15.0 Å². The second kappa shape index (κ2) is 7.21. The molecule has 0 unspecified atom stereocenters. The zero-order chi connectivity index (χ0) is 19.6. The molecule has 0 bridgehead atoms. The summed E-state index contributed by atoms with van der Waals surface area (Å²) in [5.41, 5.74) is 2.40. The summed E-state index contributed by atoms with van der Waals surface area (Å²) in [4.78, 5) is 15.9. The lowest BCUT2D eigenvalue weighted by atomic mass is 10.1. The van der Waals surface area contributed by atoms with Crippen LogP contribution in [0.1, 0.15) is 24.0 Å². The van der Waals surface area contributed by atoms with Crippen molar-refractivity contribution in [2.45, 2.75) is 19.8 Å². The van der Waals surface area contributed by atoms with Crippen LogP contribution in [0.25, 0.3) is 11.3 Å². The van der Waals surface area contributed by atoms with Crippen molar-refractivity contribution in [1.29, 1.82) is 5.26 Å². The van der Waals surface area contributed by atoms with Crippen LogP contribution in [0.5, 0.6) is 0 Å². The van der Waals surface area contributed by atoms with Gasteiger partial charge in [-0.05, 0) is 25.1 Å². The molecule has 0 aromatic carbocycles. The molecule has 0 radical (unpaired) electrons. The van der Waals surface area contributed by atoms with Gasteiger partial charge in [0.1, 0.15) is 17.0 Å². The number of aryl methyl sites for hydroxylation is 1. The Morgan fingerprint density at radius 1 is 1.15 bits per heavy atom. The second-order valence-corrected chi connectivity index (χ2v) is 6.22. The zero-order valence-corrected chi connectivity index (χ0v) is 15.1. The number of halogens is 3. The summed E-state index contributed by atoms with van der Waals surface area (Å²) in [5, 5.41) is 12.1. The molecule has 0 aliphatic carbocycles. The van der Waals surface area contributed by atoms with Gasteiger partial charge in [0.25, 0.3) is 0 Å². The monoisotopic (exact) mass is 386 g/mol. The quantitative estimate of drug-likeness (QED) is 0.658. The van der Waals surface area contributed by atoms with Crippen LogP contribution in [0.2, 0.25) is 5.15 Å². The SMILES string of the molecule is Cc1cc(Nc2cc(Cl)ncc2-c2ccc(C#N)cn2)nc(C(C)(F)F)n1. The van der Waals surface area contributed by atoms with Gasteiger partial charge in [-0.3, -0.25) is 4.98 Å². The number of rotatable bonds is 4. The van der Waals surface area contributed by atoms with Crippen LogP contribution in [0, 0.1) is 18.3 Å². The van der Waals surface area contributed by atoms with Crippen molar-refractivity contribution in [2.24, 2.45) is 0 Å². The molecule has 0 aliphatic heterocycles. The first-order valence-corrected chi connectivity index (χ1v) is 8.17. The van der Waals surface area contributed by atoms with Gasteiger partial charge in [0.15, 0.2) is 0 Å². The van der Waals surface area contributed by atoms with Crippen LogP contribution >= 0.6 is 11.6 Å². The van der Waals surface area contributed by atoms with Crippen molar-refractivity contribution in [1.82, 2.24) is 19.9 Å². The molecule has 6 nitrogen and oxygen atoms in total. The summed E-state index contributed by atoms with van der Waals surface area (Å²) in [6, 6.07) is 8.35. The summed E-state index contributed by atoms with van der Waals surface area (Å²) in [6.45, 7) is 2.34. The lowest BCUT2D eigenvalue weighted by Gasteiger charge is -2.14. The Bertz CT molecular complexity index is 1030. The van der Waals surface area contributed by atoms with Crippen LogP contribution < -0.4 is 5.32 Å². The molecule has 3 rings (SSSR count). The molecule has 0 amide bonds. The first-order valence-electron chi connectivity index (χ1n) is 7.79. The molecule has 0 atom stereocenters. The highest BCUT2D eigenvalue weighted by atomic mass is 35.5. The van der Waals surface area contributed by atoms with Gasteiger partial charge >= 0.3 is 5.92 Å². The molecule has 136 valence electrons. The van der Waals surface area contributed by atoms with E-state index in [0.29, 0.717) is 28.2 Å². The highest BCUT2D eigenvalue weighted by Gasteiger charge is 2.29. The molecule has 3 aromatic heterocycles. The minimum Gasteiger partial charge on any atom is -0.339 e. The highest BCUT2D eigenvalue weighted by Crippen LogP contribution is 2.31. The number of nitriles is 1. The first kappa shape index (κ1) is 18.6. The fourth-order valence-electron chi connectivity index (χ4n) is 2.32. The number of aromatic nitrogens is 4. The predicted octanol–water partition coefficient (Wildman–Crippen LogP) is 4.62. The number of hydrogen-bond donors (Lipinski definition) is 1. The normalized spacial score (nSPS) is 11.1. The lowest BCUT2D eigenvalue weighted by molar-refractivity contribution is 0.00766. The van der Waals surface area contributed by atoms with Gasteiger partial charge in [-0.1, -0.05) is 11.6 Å². The van der Waals surface area contributed by atoms with E-state index in [1.807, 2.05) is 6.07 Å². The molecular formula is C18H13ClF2N6. The lowest BCUT2D eigenvalue weighted by Crippen LogP contribution is -2.14. The first-order chi connectivity index (χ1) is 12.8. The summed E-state index contributed by atoms with van der Waals surface area (Å²) in [6.07, 6.45) is 2.93. The second-order valence-electron chi connectivity index (χ2n) is 5.83. The van der Waals surface area contributed by atoms with Crippen molar-refractivity contribution in [3.63, 3.8) is 0 Å². The molecule has 0 saturated carbocycles. The molecule has 1 N–H and O–H groups in total. The average molecular weight is 387 g/mol. The molecule has 9 heteroatoms. The minimum absolute atomic E-state index is 0.191. The van der Waals surface area contributed by atoms with E-state index in [0.717, 1.165) is 6.92 Å². The van der Waals surface area contributed by atoms with Crippen molar-refractivity contribution in [2.75, 3.05) is 5.32 Å². The predicted molar refractivity (Wildman–Crippen MR) is 96.8 cm³/mol. The number of nitrogens with one attached hydrogen (secondary N) is 1. The minimum atomic E-state index is -3.17. The van der Waals surface area contributed by atoms with E-state index in [2.05, 4.69) is 25.3 Å². The van der Waals surface area contributed by atoms with Crippen LogP contribution in [0.4, 0.5) is 20.3 Å². The Morgan fingerprint density at radius 2 is 1.93 bits per heavy atom. The van der Waals surface area contributed by atoms with Crippen LogP contribution in [-0.2, 0) is 5.92 Å². The van der Waals surface area contributed by atoms with Crippen molar-refractivity contribution < 1.29 is 8.78 Å². The van der Waals surface area contributed by atoms with E-state index in [9.17, 15) is 8.78 Å². The fraction of sp³-hybridized carbons (Fsp3) is 0.167. The Labute approximate surface area is 158 Å². The summed E-state index contributed by atoms with van der Waals surface area (Å²) < 4.78 is 27.2. The molecule has 0 spiro atoms. The number of nitrogens with zero attached hydrogens (tertiary/aromatic N) is 5. The zero-order valence-electron chi connectivity index (χ0n) is 14.3. The topological polar surface area (TPSA) is 87.4 Å². The number of anilines is 2. The maximum atomic E-state index is 13.6. The molecule has 27 heavy (non-hydrogen) atoms. The van der Waals surface area contributed by atoms with E-state index in [4.69, 9.17) is 16.9 Å². The standard InChI is InChI=1S/C18H13ClF2N6/c1-10-5-16(27-17(25-10)18(2,20)21)26-14-6-15(19)24-9-12(14)13-4-3-11(7-22)8-23-13/h3-6,8-9H,1-2H3,(H,24,25,26,27). The maximum absolute atomic E-state index is 13.6. The highest BCUT2D eigenvalue weighted by molar-refractivity contribution is 6.29. The maximum Gasteiger partial charge on any atom is 0.303 e.